The van der Waals surface area contributed by atoms with E-state index in [9.17, 15) is 0 Å². The summed E-state index contributed by atoms with van der Waals surface area (Å²) in [4.78, 5) is 0. The smallest absolute Gasteiger partial charge is 0.119 e. The van der Waals surface area contributed by atoms with Gasteiger partial charge >= 0.3 is 0 Å². The second-order valence-corrected chi connectivity index (χ2v) is 4.65. The maximum Gasteiger partial charge on any atom is 0.119 e. The molecule has 1 aliphatic rings. The Hall–Kier alpha value is -1.50. The molecule has 1 aromatic rings. The molecule has 102 valence electrons. The van der Waals surface area contributed by atoms with Gasteiger partial charge in [0.05, 0.1) is 18.8 Å². The van der Waals surface area contributed by atoms with Gasteiger partial charge in [0.2, 0.25) is 0 Å². The largest absolute Gasteiger partial charge is 0.494 e. The predicted molar refractivity (Wildman–Crippen MR) is 76.0 cm³/mol. The second kappa shape index (κ2) is 7.18. The van der Waals surface area contributed by atoms with E-state index in [1.165, 1.54) is 5.56 Å². The fourth-order valence-electron chi connectivity index (χ4n) is 2.26. The van der Waals surface area contributed by atoms with Crippen LogP contribution in [0.4, 0.5) is 0 Å². The Morgan fingerprint density at radius 3 is 2.84 bits per heavy atom. The minimum atomic E-state index is -0.00549. The zero-order valence-electron chi connectivity index (χ0n) is 11.4. The molecule has 3 nitrogen and oxygen atoms in total. The van der Waals surface area contributed by atoms with Crippen LogP contribution in [0.15, 0.2) is 24.3 Å². The van der Waals surface area contributed by atoms with Crippen LogP contribution in [0, 0.1) is 12.3 Å². The van der Waals surface area contributed by atoms with Crippen molar-refractivity contribution in [2.75, 3.05) is 13.2 Å². The molecule has 1 aliphatic heterocycles. The maximum absolute atomic E-state index is 5.62. The fourth-order valence-corrected chi connectivity index (χ4v) is 2.26. The number of ether oxygens (including phenoxy) is 2. The van der Waals surface area contributed by atoms with Crippen molar-refractivity contribution < 1.29 is 9.47 Å². The van der Waals surface area contributed by atoms with Crippen molar-refractivity contribution in [3.63, 3.8) is 0 Å². The molecule has 0 amide bonds. The molecule has 1 aromatic carbocycles. The van der Waals surface area contributed by atoms with E-state index in [1.54, 1.807) is 0 Å². The lowest BCUT2D eigenvalue weighted by Crippen LogP contribution is -2.37. The zero-order chi connectivity index (χ0) is 13.5. The summed E-state index contributed by atoms with van der Waals surface area (Å²) in [6.07, 6.45) is 7.88. The normalized spacial score (nSPS) is 19.9. The minimum absolute atomic E-state index is 0.00549. The van der Waals surface area contributed by atoms with Crippen LogP contribution in [0.25, 0.3) is 0 Å². The summed E-state index contributed by atoms with van der Waals surface area (Å²) >= 11 is 0. The second-order valence-electron chi connectivity index (χ2n) is 4.65. The SMILES string of the molecule is C#C[C@@H](NCc1ccc(OCC)cc1)[C@H]1CCCO1. The van der Waals surface area contributed by atoms with Gasteiger partial charge in [0.1, 0.15) is 5.75 Å². The summed E-state index contributed by atoms with van der Waals surface area (Å²) < 4.78 is 11.0. The van der Waals surface area contributed by atoms with Gasteiger partial charge in [-0.2, -0.15) is 0 Å². The number of nitrogens with one attached hydrogen (secondary N) is 1. The lowest BCUT2D eigenvalue weighted by atomic mass is 10.1. The highest BCUT2D eigenvalue weighted by molar-refractivity contribution is 5.27. The number of hydrogen-bond acceptors (Lipinski definition) is 3. The highest BCUT2D eigenvalue weighted by atomic mass is 16.5. The van der Waals surface area contributed by atoms with Crippen molar-refractivity contribution >= 4 is 0 Å². The molecule has 0 radical (unpaired) electrons. The van der Waals surface area contributed by atoms with Gasteiger partial charge < -0.3 is 9.47 Å². The van der Waals surface area contributed by atoms with Crippen LogP contribution in [-0.2, 0) is 11.3 Å². The van der Waals surface area contributed by atoms with Gasteiger partial charge in [-0.25, -0.2) is 0 Å². The van der Waals surface area contributed by atoms with Gasteiger partial charge in [0, 0.05) is 13.2 Å². The number of benzene rings is 1. The van der Waals surface area contributed by atoms with Crippen LogP contribution in [0.2, 0.25) is 0 Å². The van der Waals surface area contributed by atoms with Crippen molar-refractivity contribution in [3.8, 4) is 18.1 Å². The Morgan fingerprint density at radius 2 is 2.26 bits per heavy atom. The summed E-state index contributed by atoms with van der Waals surface area (Å²) in [5.41, 5.74) is 1.20. The molecule has 0 aliphatic carbocycles. The van der Waals surface area contributed by atoms with Gasteiger partial charge in [-0.3, -0.25) is 5.32 Å². The van der Waals surface area contributed by atoms with Crippen LogP contribution in [-0.4, -0.2) is 25.4 Å². The van der Waals surface area contributed by atoms with Gasteiger partial charge in [-0.1, -0.05) is 18.1 Å². The number of rotatable bonds is 6. The van der Waals surface area contributed by atoms with Crippen LogP contribution in [0.3, 0.4) is 0 Å². The average molecular weight is 259 g/mol. The molecule has 1 fully saturated rings. The highest BCUT2D eigenvalue weighted by Crippen LogP contribution is 2.16. The average Bonchev–Trinajstić information content (AvgIpc) is 2.96. The first kappa shape index (κ1) is 13.9. The van der Waals surface area contributed by atoms with E-state index in [2.05, 4.69) is 23.4 Å². The first-order chi connectivity index (χ1) is 9.33. The van der Waals surface area contributed by atoms with Gasteiger partial charge in [0.15, 0.2) is 0 Å². The molecule has 3 heteroatoms. The molecule has 2 atom stereocenters. The molecular formula is C16H21NO2. The van der Waals surface area contributed by atoms with Gasteiger partial charge in [-0.15, -0.1) is 6.42 Å². The Balaban J connectivity index is 1.85. The Kier molecular flexibility index (Phi) is 5.26. The van der Waals surface area contributed by atoms with Crippen molar-refractivity contribution in [1.82, 2.24) is 5.32 Å². The van der Waals surface area contributed by atoms with Gasteiger partial charge in [-0.05, 0) is 37.5 Å². The zero-order valence-corrected chi connectivity index (χ0v) is 11.4. The molecule has 2 rings (SSSR count). The first-order valence-corrected chi connectivity index (χ1v) is 6.86. The van der Waals surface area contributed by atoms with Crippen LogP contribution >= 0.6 is 0 Å². The minimum Gasteiger partial charge on any atom is -0.494 e. The van der Waals surface area contributed by atoms with E-state index in [0.29, 0.717) is 6.61 Å². The standard InChI is InChI=1S/C16H21NO2/c1-3-15(16-6-5-11-19-16)17-12-13-7-9-14(10-8-13)18-4-2/h1,7-10,15-17H,4-6,11-12H2,2H3/t15-,16-/m1/s1. The Labute approximate surface area is 115 Å². The molecule has 0 unspecified atom stereocenters. The topological polar surface area (TPSA) is 30.5 Å². The lowest BCUT2D eigenvalue weighted by Gasteiger charge is -2.19. The third-order valence-corrected chi connectivity index (χ3v) is 3.28. The third kappa shape index (κ3) is 3.99. The molecule has 1 heterocycles. The third-order valence-electron chi connectivity index (χ3n) is 3.28. The fraction of sp³-hybridized carbons (Fsp3) is 0.500. The summed E-state index contributed by atoms with van der Waals surface area (Å²) in [5, 5.41) is 3.38. The molecule has 19 heavy (non-hydrogen) atoms. The summed E-state index contributed by atoms with van der Waals surface area (Å²) in [5.74, 6) is 3.69. The monoisotopic (exact) mass is 259 g/mol. The molecule has 0 aromatic heterocycles. The maximum atomic E-state index is 5.62. The molecule has 0 saturated carbocycles. The highest BCUT2D eigenvalue weighted by Gasteiger charge is 2.23. The number of hydrogen-bond donors (Lipinski definition) is 1. The van der Waals surface area contributed by atoms with Crippen molar-refractivity contribution in [2.45, 2.75) is 38.5 Å². The van der Waals surface area contributed by atoms with E-state index in [-0.39, 0.29) is 12.1 Å². The Bertz CT molecular complexity index is 415. The van der Waals surface area contributed by atoms with E-state index >= 15 is 0 Å². The molecule has 1 N–H and O–H groups in total. The molecule has 0 bridgehead atoms. The van der Waals surface area contributed by atoms with E-state index in [1.807, 2.05) is 19.1 Å². The first-order valence-electron chi connectivity index (χ1n) is 6.86. The van der Waals surface area contributed by atoms with Crippen LogP contribution in [0.5, 0.6) is 5.75 Å². The lowest BCUT2D eigenvalue weighted by molar-refractivity contribution is 0.0934. The van der Waals surface area contributed by atoms with Crippen molar-refractivity contribution in [3.05, 3.63) is 29.8 Å². The van der Waals surface area contributed by atoms with Gasteiger partial charge in [0.25, 0.3) is 0 Å². The quantitative estimate of drug-likeness (QED) is 0.796. The van der Waals surface area contributed by atoms with E-state index in [0.717, 1.165) is 31.7 Å². The summed E-state index contributed by atoms with van der Waals surface area (Å²) in [6.45, 7) is 4.25. The van der Waals surface area contributed by atoms with Crippen LogP contribution in [0.1, 0.15) is 25.3 Å². The van der Waals surface area contributed by atoms with Crippen LogP contribution < -0.4 is 10.1 Å². The van der Waals surface area contributed by atoms with E-state index < -0.39 is 0 Å². The summed E-state index contributed by atoms with van der Waals surface area (Å²) in [6, 6.07) is 8.07. The molecule has 1 saturated heterocycles. The van der Waals surface area contributed by atoms with E-state index in [4.69, 9.17) is 15.9 Å². The van der Waals surface area contributed by atoms with Crippen molar-refractivity contribution in [2.24, 2.45) is 0 Å². The molecular weight excluding hydrogens is 238 g/mol. The molecule has 0 spiro atoms. The number of terminal acetylenes is 1. The predicted octanol–water partition coefficient (Wildman–Crippen LogP) is 2.36. The van der Waals surface area contributed by atoms with Crippen molar-refractivity contribution in [1.29, 1.82) is 0 Å². The Morgan fingerprint density at radius 1 is 1.47 bits per heavy atom. The summed E-state index contributed by atoms with van der Waals surface area (Å²) in [7, 11) is 0.